The zero-order valence-corrected chi connectivity index (χ0v) is 14.5. The lowest BCUT2D eigenvalue weighted by molar-refractivity contribution is -0.140. The van der Waals surface area contributed by atoms with Crippen LogP contribution in [0.5, 0.6) is 0 Å². The average molecular weight is 310 g/mol. The van der Waals surface area contributed by atoms with E-state index in [1.165, 1.54) is 58.5 Å². The van der Waals surface area contributed by atoms with Gasteiger partial charge in [0.15, 0.2) is 0 Å². The highest BCUT2D eigenvalue weighted by molar-refractivity contribution is 5.68. The van der Waals surface area contributed by atoms with E-state index in [-0.39, 0.29) is 5.97 Å². The first-order valence-corrected chi connectivity index (χ1v) is 9.15. The van der Waals surface area contributed by atoms with Gasteiger partial charge in [0.2, 0.25) is 0 Å². The zero-order valence-electron chi connectivity index (χ0n) is 14.5. The Balaban J connectivity index is 1.83. The smallest absolute Gasteiger partial charge is 0.305 e. The van der Waals surface area contributed by atoms with Crippen molar-refractivity contribution in [3.05, 3.63) is 12.2 Å². The van der Waals surface area contributed by atoms with Crippen molar-refractivity contribution in [3.8, 4) is 0 Å². The molecule has 2 atom stereocenters. The number of rotatable bonds is 14. The number of methoxy groups -OCH3 is 1. The summed E-state index contributed by atoms with van der Waals surface area (Å²) in [7, 11) is 1.45. The molecule has 1 heterocycles. The zero-order chi connectivity index (χ0) is 16.0. The molecule has 0 bridgehead atoms. The predicted octanol–water partition coefficient (Wildman–Crippen LogP) is 5.18. The molecule has 1 aliphatic rings. The van der Waals surface area contributed by atoms with Crippen molar-refractivity contribution in [1.29, 1.82) is 0 Å². The summed E-state index contributed by atoms with van der Waals surface area (Å²) in [5.74, 6) is -0.0861. The molecule has 0 radical (unpaired) electrons. The van der Waals surface area contributed by atoms with Crippen molar-refractivity contribution >= 4 is 5.97 Å². The summed E-state index contributed by atoms with van der Waals surface area (Å²) in [6, 6.07) is 0. The minimum Gasteiger partial charge on any atom is -0.469 e. The largest absolute Gasteiger partial charge is 0.469 e. The summed E-state index contributed by atoms with van der Waals surface area (Å²) < 4.78 is 10.3. The number of allylic oxidation sites excluding steroid dienone is 1. The van der Waals surface area contributed by atoms with E-state index in [0.717, 1.165) is 19.3 Å². The van der Waals surface area contributed by atoms with Crippen molar-refractivity contribution in [2.75, 3.05) is 7.11 Å². The Labute approximate surface area is 136 Å². The van der Waals surface area contributed by atoms with Gasteiger partial charge < -0.3 is 9.47 Å². The van der Waals surface area contributed by atoms with E-state index < -0.39 is 0 Å². The lowest BCUT2D eigenvalue weighted by Gasteiger charge is -2.00. The van der Waals surface area contributed by atoms with Crippen molar-refractivity contribution in [2.45, 2.75) is 96.2 Å². The second kappa shape index (κ2) is 12.7. The SMILES string of the molecule is CCCCC/C=C/CC1OC1CCCCCCCC(=O)OC. The van der Waals surface area contributed by atoms with Crippen molar-refractivity contribution < 1.29 is 14.3 Å². The molecule has 3 nitrogen and oxygen atoms in total. The molecule has 128 valence electrons. The summed E-state index contributed by atoms with van der Waals surface area (Å²) in [5.41, 5.74) is 0. The number of epoxide rings is 1. The fourth-order valence-electron chi connectivity index (χ4n) is 2.75. The Morgan fingerprint density at radius 1 is 1.00 bits per heavy atom. The van der Waals surface area contributed by atoms with Gasteiger partial charge in [0.1, 0.15) is 0 Å². The fraction of sp³-hybridized carbons (Fsp3) is 0.842. The van der Waals surface area contributed by atoms with Crippen LogP contribution >= 0.6 is 0 Å². The molecular formula is C19H34O3. The monoisotopic (exact) mass is 310 g/mol. The Bertz CT molecular complexity index is 312. The van der Waals surface area contributed by atoms with Crippen LogP contribution in [-0.2, 0) is 14.3 Å². The topological polar surface area (TPSA) is 38.8 Å². The Morgan fingerprint density at radius 2 is 1.77 bits per heavy atom. The van der Waals surface area contributed by atoms with Gasteiger partial charge in [0.05, 0.1) is 19.3 Å². The third-order valence-electron chi connectivity index (χ3n) is 4.29. The van der Waals surface area contributed by atoms with E-state index in [1.807, 2.05) is 0 Å². The number of hydrogen-bond acceptors (Lipinski definition) is 3. The van der Waals surface area contributed by atoms with E-state index in [2.05, 4.69) is 23.8 Å². The van der Waals surface area contributed by atoms with Gasteiger partial charge >= 0.3 is 5.97 Å². The lowest BCUT2D eigenvalue weighted by atomic mass is 10.1. The van der Waals surface area contributed by atoms with Crippen molar-refractivity contribution in [3.63, 3.8) is 0 Å². The third kappa shape index (κ3) is 9.99. The molecule has 22 heavy (non-hydrogen) atoms. The Morgan fingerprint density at radius 3 is 2.55 bits per heavy atom. The van der Waals surface area contributed by atoms with Crippen LogP contribution in [0.25, 0.3) is 0 Å². The van der Waals surface area contributed by atoms with Crippen LogP contribution in [0.3, 0.4) is 0 Å². The molecule has 2 unspecified atom stereocenters. The standard InChI is InChI=1S/C19H34O3/c1-3-4-5-6-8-11-14-17-18(22-17)15-12-9-7-10-13-16-19(20)21-2/h8,11,17-18H,3-7,9-10,12-16H2,1-2H3/b11-8+. The average Bonchev–Trinajstić information content (AvgIpc) is 3.28. The highest BCUT2D eigenvalue weighted by Crippen LogP contribution is 2.30. The van der Waals surface area contributed by atoms with Gasteiger partial charge in [-0.2, -0.15) is 0 Å². The molecule has 3 heteroatoms. The normalized spacial score (nSPS) is 20.5. The maximum atomic E-state index is 10.9. The molecule has 0 spiro atoms. The minimum atomic E-state index is -0.0861. The van der Waals surface area contributed by atoms with E-state index in [0.29, 0.717) is 18.6 Å². The Kier molecular flexibility index (Phi) is 11.1. The molecule has 1 rings (SSSR count). The lowest BCUT2D eigenvalue weighted by Crippen LogP contribution is -1.99. The van der Waals surface area contributed by atoms with Crippen LogP contribution in [0.1, 0.15) is 84.0 Å². The van der Waals surface area contributed by atoms with Crippen LogP contribution in [0.2, 0.25) is 0 Å². The molecule has 0 aromatic heterocycles. The molecule has 0 saturated carbocycles. The van der Waals surface area contributed by atoms with Gasteiger partial charge in [-0.25, -0.2) is 0 Å². The second-order valence-electron chi connectivity index (χ2n) is 6.30. The third-order valence-corrected chi connectivity index (χ3v) is 4.29. The van der Waals surface area contributed by atoms with Gasteiger partial charge in [-0.15, -0.1) is 0 Å². The van der Waals surface area contributed by atoms with Crippen LogP contribution in [0.15, 0.2) is 12.2 Å². The predicted molar refractivity (Wildman–Crippen MR) is 90.9 cm³/mol. The van der Waals surface area contributed by atoms with Crippen molar-refractivity contribution in [2.24, 2.45) is 0 Å². The van der Waals surface area contributed by atoms with Crippen molar-refractivity contribution in [1.82, 2.24) is 0 Å². The molecule has 0 N–H and O–H groups in total. The van der Waals surface area contributed by atoms with Crippen LogP contribution in [0, 0.1) is 0 Å². The number of ether oxygens (including phenoxy) is 2. The van der Waals surface area contributed by atoms with Gasteiger partial charge in [0.25, 0.3) is 0 Å². The van der Waals surface area contributed by atoms with Gasteiger partial charge in [-0.1, -0.05) is 57.6 Å². The molecule has 1 aliphatic heterocycles. The maximum Gasteiger partial charge on any atom is 0.305 e. The first kappa shape index (κ1) is 19.2. The summed E-state index contributed by atoms with van der Waals surface area (Å²) in [4.78, 5) is 10.9. The highest BCUT2D eigenvalue weighted by Gasteiger charge is 2.36. The number of carbonyl (C=O) groups excluding carboxylic acids is 1. The summed E-state index contributed by atoms with van der Waals surface area (Å²) in [6.07, 6.45) is 19.4. The molecule has 0 aromatic rings. The summed E-state index contributed by atoms with van der Waals surface area (Å²) in [5, 5.41) is 0. The maximum absolute atomic E-state index is 10.9. The molecule has 0 aliphatic carbocycles. The second-order valence-corrected chi connectivity index (χ2v) is 6.30. The molecular weight excluding hydrogens is 276 g/mol. The van der Waals surface area contributed by atoms with E-state index in [4.69, 9.17) is 4.74 Å². The highest BCUT2D eigenvalue weighted by atomic mass is 16.6. The number of hydrogen-bond donors (Lipinski definition) is 0. The van der Waals surface area contributed by atoms with Gasteiger partial charge in [0, 0.05) is 6.42 Å². The quantitative estimate of drug-likeness (QED) is 0.192. The molecule has 1 saturated heterocycles. The first-order valence-electron chi connectivity index (χ1n) is 9.15. The number of esters is 1. The summed E-state index contributed by atoms with van der Waals surface area (Å²) in [6.45, 7) is 2.24. The van der Waals surface area contributed by atoms with E-state index in [1.54, 1.807) is 0 Å². The van der Waals surface area contributed by atoms with Gasteiger partial charge in [-0.05, 0) is 32.1 Å². The number of carbonyl (C=O) groups is 1. The summed E-state index contributed by atoms with van der Waals surface area (Å²) >= 11 is 0. The first-order chi connectivity index (χ1) is 10.8. The van der Waals surface area contributed by atoms with Crippen LogP contribution in [-0.4, -0.2) is 25.3 Å². The fourth-order valence-corrected chi connectivity index (χ4v) is 2.75. The van der Waals surface area contributed by atoms with E-state index >= 15 is 0 Å². The van der Waals surface area contributed by atoms with Crippen LogP contribution in [0.4, 0.5) is 0 Å². The molecule has 0 amide bonds. The minimum absolute atomic E-state index is 0.0861. The Hall–Kier alpha value is -0.830. The number of unbranched alkanes of at least 4 members (excludes halogenated alkanes) is 7. The van der Waals surface area contributed by atoms with E-state index in [9.17, 15) is 4.79 Å². The molecule has 0 aromatic carbocycles. The molecule has 1 fully saturated rings. The van der Waals surface area contributed by atoms with Crippen LogP contribution < -0.4 is 0 Å². The van der Waals surface area contributed by atoms with Gasteiger partial charge in [-0.3, -0.25) is 4.79 Å².